The Balaban J connectivity index is 2.42. The van der Waals surface area contributed by atoms with Crippen molar-refractivity contribution in [3.8, 4) is 5.75 Å². The van der Waals surface area contributed by atoms with E-state index in [9.17, 15) is 4.79 Å². The maximum Gasteiger partial charge on any atom is 0.270 e. The average molecular weight is 290 g/mol. The normalized spacial score (nSPS) is 18.4. The zero-order chi connectivity index (χ0) is 15.8. The Morgan fingerprint density at radius 3 is 2.52 bits per heavy atom. The molecule has 4 heteroatoms. The highest BCUT2D eigenvalue weighted by Crippen LogP contribution is 2.39. The van der Waals surface area contributed by atoms with Gasteiger partial charge in [-0.2, -0.15) is 0 Å². The fraction of sp³-hybridized carbons (Fsp3) is 0.588. The second-order valence-corrected chi connectivity index (χ2v) is 6.77. The maximum absolute atomic E-state index is 12.7. The van der Waals surface area contributed by atoms with Gasteiger partial charge in [-0.3, -0.25) is 4.79 Å². The molecule has 0 spiro atoms. The summed E-state index contributed by atoms with van der Waals surface area (Å²) in [5, 5.41) is 0. The van der Waals surface area contributed by atoms with Crippen LogP contribution in [-0.4, -0.2) is 18.1 Å². The Labute approximate surface area is 127 Å². The lowest BCUT2D eigenvalue weighted by Crippen LogP contribution is -2.53. The quantitative estimate of drug-likeness (QED) is 0.926. The molecule has 0 bridgehead atoms. The molecule has 4 nitrogen and oxygen atoms in total. The number of rotatable bonds is 4. The van der Waals surface area contributed by atoms with Crippen molar-refractivity contribution in [3.05, 3.63) is 23.8 Å². The summed E-state index contributed by atoms with van der Waals surface area (Å²) in [5.41, 5.74) is 6.99. The fourth-order valence-electron chi connectivity index (χ4n) is 2.48. The Kier molecular flexibility index (Phi) is 4.28. The monoisotopic (exact) mass is 290 g/mol. The van der Waals surface area contributed by atoms with Gasteiger partial charge in [-0.15, -0.1) is 0 Å². The highest BCUT2D eigenvalue weighted by atomic mass is 16.5. The van der Waals surface area contributed by atoms with E-state index in [-0.39, 0.29) is 11.9 Å². The average Bonchev–Trinajstić information content (AvgIpc) is 2.38. The van der Waals surface area contributed by atoms with Gasteiger partial charge in [-0.1, -0.05) is 19.9 Å². The maximum atomic E-state index is 12.7. The van der Waals surface area contributed by atoms with Crippen molar-refractivity contribution in [2.45, 2.75) is 52.7 Å². The van der Waals surface area contributed by atoms with Crippen LogP contribution in [0, 0.1) is 5.92 Å². The van der Waals surface area contributed by atoms with E-state index in [1.54, 1.807) is 0 Å². The van der Waals surface area contributed by atoms with Gasteiger partial charge in [-0.05, 0) is 50.8 Å². The highest BCUT2D eigenvalue weighted by Gasteiger charge is 2.40. The third kappa shape index (κ3) is 3.21. The summed E-state index contributed by atoms with van der Waals surface area (Å²) in [5.74, 6) is 1.31. The second-order valence-electron chi connectivity index (χ2n) is 6.77. The first-order valence-electron chi connectivity index (χ1n) is 7.63. The van der Waals surface area contributed by atoms with Crippen molar-refractivity contribution in [1.82, 2.24) is 0 Å². The Bertz CT molecular complexity index is 536. The van der Waals surface area contributed by atoms with Crippen LogP contribution in [0.25, 0.3) is 0 Å². The summed E-state index contributed by atoms with van der Waals surface area (Å²) in [6.45, 7) is 10.6. The van der Waals surface area contributed by atoms with E-state index < -0.39 is 5.60 Å². The van der Waals surface area contributed by atoms with Gasteiger partial charge < -0.3 is 15.4 Å². The molecular formula is C17H26N2O2. The highest BCUT2D eigenvalue weighted by molar-refractivity contribution is 6.02. The molecule has 2 N–H and O–H groups in total. The van der Waals surface area contributed by atoms with Crippen LogP contribution in [-0.2, 0) is 4.79 Å². The van der Waals surface area contributed by atoms with Crippen molar-refractivity contribution >= 4 is 11.6 Å². The van der Waals surface area contributed by atoms with Crippen molar-refractivity contribution in [2.75, 3.05) is 11.4 Å². The molecule has 1 aliphatic rings. The van der Waals surface area contributed by atoms with Gasteiger partial charge >= 0.3 is 0 Å². The largest absolute Gasteiger partial charge is 0.476 e. The molecular weight excluding hydrogens is 264 g/mol. The first kappa shape index (κ1) is 15.8. The minimum Gasteiger partial charge on any atom is -0.476 e. The number of anilines is 1. The van der Waals surface area contributed by atoms with Crippen molar-refractivity contribution < 1.29 is 9.53 Å². The van der Waals surface area contributed by atoms with E-state index in [1.807, 2.05) is 43.9 Å². The zero-order valence-electron chi connectivity index (χ0n) is 13.6. The molecule has 1 aromatic carbocycles. The molecule has 0 aliphatic carbocycles. The van der Waals surface area contributed by atoms with Crippen LogP contribution in [0.1, 0.15) is 52.6 Å². The number of benzene rings is 1. The minimum absolute atomic E-state index is 0.0116. The molecule has 2 rings (SSSR count). The van der Waals surface area contributed by atoms with Crippen LogP contribution in [0.5, 0.6) is 5.75 Å². The van der Waals surface area contributed by atoms with Gasteiger partial charge in [0, 0.05) is 12.6 Å². The molecule has 0 fully saturated rings. The number of fused-ring (bicyclic) bond motifs is 1. The first-order chi connectivity index (χ1) is 9.72. The third-order valence-corrected chi connectivity index (χ3v) is 3.85. The molecule has 0 saturated heterocycles. The molecule has 0 radical (unpaired) electrons. The van der Waals surface area contributed by atoms with Crippen molar-refractivity contribution in [1.29, 1.82) is 0 Å². The molecule has 21 heavy (non-hydrogen) atoms. The minimum atomic E-state index is -0.820. The molecule has 1 aromatic rings. The molecule has 0 saturated carbocycles. The Morgan fingerprint density at radius 1 is 1.29 bits per heavy atom. The number of nitrogens with two attached hydrogens (primary N) is 1. The molecule has 1 aliphatic heterocycles. The zero-order valence-corrected chi connectivity index (χ0v) is 13.6. The van der Waals surface area contributed by atoms with Crippen LogP contribution in [0.3, 0.4) is 0 Å². The summed E-state index contributed by atoms with van der Waals surface area (Å²) < 4.78 is 5.87. The summed E-state index contributed by atoms with van der Waals surface area (Å²) in [6, 6.07) is 5.81. The molecule has 116 valence electrons. The molecule has 0 aromatic heterocycles. The van der Waals surface area contributed by atoms with Gasteiger partial charge in [-0.25, -0.2) is 0 Å². The molecule has 1 unspecified atom stereocenters. The van der Waals surface area contributed by atoms with Crippen molar-refractivity contribution in [2.24, 2.45) is 11.7 Å². The topological polar surface area (TPSA) is 55.6 Å². The lowest BCUT2D eigenvalue weighted by atomic mass is 10.00. The first-order valence-corrected chi connectivity index (χ1v) is 7.63. The standard InChI is InChI=1S/C17H26N2O2/c1-11(2)8-9-19-14-10-13(12(3)18)6-7-15(14)21-17(4,5)16(19)20/h6-7,10-12H,8-9,18H2,1-5H3. The second kappa shape index (κ2) is 5.68. The molecule has 1 atom stereocenters. The van der Waals surface area contributed by atoms with E-state index in [4.69, 9.17) is 10.5 Å². The van der Waals surface area contributed by atoms with E-state index in [2.05, 4.69) is 13.8 Å². The van der Waals surface area contributed by atoms with Gasteiger partial charge in [0.15, 0.2) is 5.60 Å². The van der Waals surface area contributed by atoms with Crippen LogP contribution in [0.2, 0.25) is 0 Å². The number of hydrogen-bond acceptors (Lipinski definition) is 3. The summed E-state index contributed by atoms with van der Waals surface area (Å²) >= 11 is 0. The van der Waals surface area contributed by atoms with Gasteiger partial charge in [0.1, 0.15) is 5.75 Å². The summed E-state index contributed by atoms with van der Waals surface area (Å²) in [6.07, 6.45) is 0.962. The third-order valence-electron chi connectivity index (χ3n) is 3.85. The van der Waals surface area contributed by atoms with Gasteiger partial charge in [0.05, 0.1) is 5.69 Å². The molecule has 1 amide bonds. The Hall–Kier alpha value is -1.55. The fourth-order valence-corrected chi connectivity index (χ4v) is 2.48. The van der Waals surface area contributed by atoms with Crippen LogP contribution in [0.4, 0.5) is 5.69 Å². The summed E-state index contributed by atoms with van der Waals surface area (Å²) in [7, 11) is 0. The van der Waals surface area contributed by atoms with E-state index in [0.29, 0.717) is 12.5 Å². The number of amides is 1. The van der Waals surface area contributed by atoms with Gasteiger partial charge in [0.25, 0.3) is 5.91 Å². The predicted molar refractivity (Wildman–Crippen MR) is 85.6 cm³/mol. The number of carbonyl (C=O) groups is 1. The summed E-state index contributed by atoms with van der Waals surface area (Å²) in [4.78, 5) is 14.5. The van der Waals surface area contributed by atoms with Crippen LogP contribution in [0.15, 0.2) is 18.2 Å². The number of ether oxygens (including phenoxy) is 1. The molecule has 1 heterocycles. The van der Waals surface area contributed by atoms with E-state index in [0.717, 1.165) is 23.4 Å². The van der Waals surface area contributed by atoms with Gasteiger partial charge in [0.2, 0.25) is 0 Å². The Morgan fingerprint density at radius 2 is 1.95 bits per heavy atom. The van der Waals surface area contributed by atoms with Crippen molar-refractivity contribution in [3.63, 3.8) is 0 Å². The smallest absolute Gasteiger partial charge is 0.270 e. The SMILES string of the molecule is CC(C)CCN1C(=O)C(C)(C)Oc2ccc(C(C)N)cc21. The van der Waals surface area contributed by atoms with E-state index in [1.165, 1.54) is 0 Å². The number of carbonyl (C=O) groups excluding carboxylic acids is 1. The predicted octanol–water partition coefficient (Wildman–Crippen LogP) is 3.26. The number of nitrogens with zero attached hydrogens (tertiary/aromatic N) is 1. The lowest BCUT2D eigenvalue weighted by Gasteiger charge is -2.39. The number of hydrogen-bond donors (Lipinski definition) is 1. The van der Waals surface area contributed by atoms with E-state index >= 15 is 0 Å². The van der Waals surface area contributed by atoms with Crippen LogP contribution < -0.4 is 15.4 Å². The van der Waals surface area contributed by atoms with Crippen LogP contribution >= 0.6 is 0 Å². The lowest BCUT2D eigenvalue weighted by molar-refractivity contribution is -0.132.